The Hall–Kier alpha value is -3.25. The summed E-state index contributed by atoms with van der Waals surface area (Å²) in [4.78, 5) is 17.8. The number of fused-ring (bicyclic) bond motifs is 1. The van der Waals surface area contributed by atoms with Crippen LogP contribution in [-0.4, -0.2) is 25.8 Å². The quantitative estimate of drug-likeness (QED) is 0.543. The Bertz CT molecular complexity index is 1100. The molecule has 2 aromatic heterocycles. The highest BCUT2D eigenvalue weighted by atomic mass is 35.5. The number of ketones is 1. The summed E-state index contributed by atoms with van der Waals surface area (Å²) in [6, 6.07) is 16.8. The van der Waals surface area contributed by atoms with Crippen molar-refractivity contribution < 1.29 is 4.79 Å². The maximum Gasteiger partial charge on any atom is 0.184 e. The first-order valence-corrected chi connectivity index (χ1v) is 8.34. The molecule has 128 valence electrons. The number of aromatic nitrogens is 4. The topological polar surface area (TPSA) is 72.7 Å². The van der Waals surface area contributed by atoms with E-state index in [9.17, 15) is 4.79 Å². The highest BCUT2D eigenvalue weighted by Crippen LogP contribution is 2.22. The molecule has 0 amide bonds. The van der Waals surface area contributed by atoms with Gasteiger partial charge in [-0.25, -0.2) is 0 Å². The van der Waals surface area contributed by atoms with Crippen molar-refractivity contribution in [3.05, 3.63) is 71.5 Å². The first-order valence-electron chi connectivity index (χ1n) is 7.96. The molecule has 0 fully saturated rings. The Morgan fingerprint density at radius 1 is 1.08 bits per heavy atom. The molecule has 0 radical (unpaired) electrons. The van der Waals surface area contributed by atoms with E-state index in [1.54, 1.807) is 30.5 Å². The molecular weight excluding hydrogens is 350 g/mol. The predicted octanol–water partition coefficient (Wildman–Crippen LogP) is 4.42. The maximum absolute atomic E-state index is 12.0. The number of rotatable bonds is 4. The van der Waals surface area contributed by atoms with Crippen molar-refractivity contribution >= 4 is 39.8 Å². The lowest BCUT2D eigenvalue weighted by Gasteiger charge is -2.05. The van der Waals surface area contributed by atoms with Gasteiger partial charge in [0.15, 0.2) is 17.3 Å². The molecule has 2 heterocycles. The summed E-state index contributed by atoms with van der Waals surface area (Å²) in [6.07, 6.45) is 1.70. The second kappa shape index (κ2) is 6.57. The molecule has 1 N–H and O–H groups in total. The van der Waals surface area contributed by atoms with Gasteiger partial charge in [0.2, 0.25) is 0 Å². The Balaban J connectivity index is 1.72. The van der Waals surface area contributed by atoms with E-state index in [4.69, 9.17) is 11.6 Å². The largest absolute Gasteiger partial charge is 0.335 e. The van der Waals surface area contributed by atoms with Crippen LogP contribution in [0.1, 0.15) is 17.4 Å². The molecule has 0 atom stereocenters. The first-order chi connectivity index (χ1) is 12.6. The lowest BCUT2D eigenvalue weighted by atomic mass is 10.2. The van der Waals surface area contributed by atoms with Gasteiger partial charge >= 0.3 is 0 Å². The van der Waals surface area contributed by atoms with Gasteiger partial charge in [-0.15, -0.1) is 15.0 Å². The number of Topliss-reactive ketones (excluding diaryl/α,β-unsaturated/α-hetero) is 1. The molecule has 0 aliphatic rings. The van der Waals surface area contributed by atoms with Crippen molar-refractivity contribution in [1.29, 1.82) is 0 Å². The zero-order valence-corrected chi connectivity index (χ0v) is 14.6. The fourth-order valence-electron chi connectivity index (χ4n) is 2.59. The van der Waals surface area contributed by atoms with Crippen LogP contribution in [0.3, 0.4) is 0 Å². The van der Waals surface area contributed by atoms with E-state index in [1.165, 1.54) is 11.7 Å². The Kier molecular flexibility index (Phi) is 4.10. The van der Waals surface area contributed by atoms with E-state index < -0.39 is 0 Å². The number of carbonyl (C=O) groups is 1. The fraction of sp³-hybridized carbons (Fsp3) is 0.0526. The van der Waals surface area contributed by atoms with Gasteiger partial charge in [-0.05, 0) is 36.4 Å². The van der Waals surface area contributed by atoms with Crippen LogP contribution in [0.15, 0.2) is 60.8 Å². The minimum absolute atomic E-state index is 0.179. The standard InChI is InChI=1S/C19H14ClN5O/c1-12(26)18-19(24-25(23-18)16-8-6-14(20)7-9-16)22-15-10-13-4-2-3-5-17(13)21-11-15/h2-11H,1H3,(H,22,24). The van der Waals surface area contributed by atoms with E-state index in [2.05, 4.69) is 20.5 Å². The number of hydrogen-bond acceptors (Lipinski definition) is 5. The molecule has 0 saturated heterocycles. The molecule has 6 nitrogen and oxygen atoms in total. The van der Waals surface area contributed by atoms with Crippen molar-refractivity contribution in [2.24, 2.45) is 0 Å². The van der Waals surface area contributed by atoms with E-state index in [-0.39, 0.29) is 11.5 Å². The van der Waals surface area contributed by atoms with Crippen LogP contribution in [0.5, 0.6) is 0 Å². The van der Waals surface area contributed by atoms with Gasteiger partial charge < -0.3 is 5.32 Å². The third-order valence-corrected chi connectivity index (χ3v) is 4.11. The molecule has 4 rings (SSSR count). The van der Waals surface area contributed by atoms with Gasteiger partial charge in [-0.2, -0.15) is 0 Å². The Morgan fingerprint density at radius 3 is 2.62 bits per heavy atom. The number of nitrogens with zero attached hydrogens (tertiary/aromatic N) is 4. The van der Waals surface area contributed by atoms with Crippen molar-refractivity contribution in [3.8, 4) is 5.69 Å². The van der Waals surface area contributed by atoms with Gasteiger partial charge in [-0.3, -0.25) is 9.78 Å². The highest BCUT2D eigenvalue weighted by molar-refractivity contribution is 6.30. The second-order valence-corrected chi connectivity index (χ2v) is 6.20. The molecule has 4 aromatic rings. The molecule has 2 aromatic carbocycles. The van der Waals surface area contributed by atoms with Crippen molar-refractivity contribution in [3.63, 3.8) is 0 Å². The van der Waals surface area contributed by atoms with Gasteiger partial charge in [0.05, 0.1) is 23.1 Å². The van der Waals surface area contributed by atoms with Crippen LogP contribution in [0.2, 0.25) is 5.02 Å². The summed E-state index contributed by atoms with van der Waals surface area (Å²) < 4.78 is 0. The average Bonchev–Trinajstić information content (AvgIpc) is 3.06. The van der Waals surface area contributed by atoms with Gasteiger partial charge in [-0.1, -0.05) is 29.8 Å². The van der Waals surface area contributed by atoms with Gasteiger partial charge in [0.25, 0.3) is 0 Å². The summed E-state index contributed by atoms with van der Waals surface area (Å²) in [5.74, 6) is 0.200. The van der Waals surface area contributed by atoms with Crippen molar-refractivity contribution in [1.82, 2.24) is 20.0 Å². The number of para-hydroxylation sites is 1. The number of hydrogen-bond donors (Lipinski definition) is 1. The molecule has 26 heavy (non-hydrogen) atoms. The zero-order valence-electron chi connectivity index (χ0n) is 13.8. The van der Waals surface area contributed by atoms with Crippen LogP contribution in [0.25, 0.3) is 16.6 Å². The normalized spacial score (nSPS) is 10.8. The van der Waals surface area contributed by atoms with Crippen LogP contribution in [-0.2, 0) is 0 Å². The maximum atomic E-state index is 12.0. The number of nitrogens with one attached hydrogen (secondary N) is 1. The smallest absolute Gasteiger partial charge is 0.184 e. The van der Waals surface area contributed by atoms with E-state index in [1.807, 2.05) is 30.3 Å². The summed E-state index contributed by atoms with van der Waals surface area (Å²) in [5.41, 5.74) is 2.60. The van der Waals surface area contributed by atoms with Crippen LogP contribution < -0.4 is 5.32 Å². The number of pyridine rings is 1. The third kappa shape index (κ3) is 3.14. The monoisotopic (exact) mass is 363 g/mol. The minimum Gasteiger partial charge on any atom is -0.335 e. The molecule has 0 bridgehead atoms. The number of halogens is 1. The zero-order chi connectivity index (χ0) is 18.1. The molecule has 0 spiro atoms. The molecule has 0 aliphatic heterocycles. The molecular formula is C19H14ClN5O. The third-order valence-electron chi connectivity index (χ3n) is 3.86. The lowest BCUT2D eigenvalue weighted by molar-refractivity contribution is 0.101. The number of carbonyl (C=O) groups excluding carboxylic acids is 1. The molecule has 7 heteroatoms. The van der Waals surface area contributed by atoms with E-state index >= 15 is 0 Å². The summed E-state index contributed by atoms with van der Waals surface area (Å²) in [5, 5.41) is 13.5. The molecule has 0 aliphatic carbocycles. The van der Waals surface area contributed by atoms with Gasteiger partial charge in [0.1, 0.15) is 0 Å². The summed E-state index contributed by atoms with van der Waals surface area (Å²) >= 11 is 5.92. The van der Waals surface area contributed by atoms with Crippen molar-refractivity contribution in [2.45, 2.75) is 6.92 Å². The van der Waals surface area contributed by atoms with Crippen molar-refractivity contribution in [2.75, 3.05) is 5.32 Å². The fourth-order valence-corrected chi connectivity index (χ4v) is 2.72. The SMILES string of the molecule is CC(=O)c1nn(-c2ccc(Cl)cc2)nc1Nc1cnc2ccccc2c1. The molecule has 0 saturated carbocycles. The predicted molar refractivity (Wildman–Crippen MR) is 101 cm³/mol. The Morgan fingerprint density at radius 2 is 1.85 bits per heavy atom. The van der Waals surface area contributed by atoms with Crippen LogP contribution in [0, 0.1) is 0 Å². The first kappa shape index (κ1) is 16.2. The average molecular weight is 364 g/mol. The lowest BCUT2D eigenvalue weighted by Crippen LogP contribution is -2.00. The van der Waals surface area contributed by atoms with Crippen LogP contribution in [0.4, 0.5) is 11.5 Å². The minimum atomic E-state index is -0.179. The summed E-state index contributed by atoms with van der Waals surface area (Å²) in [7, 11) is 0. The number of benzene rings is 2. The van der Waals surface area contributed by atoms with Gasteiger partial charge in [0, 0.05) is 17.3 Å². The van der Waals surface area contributed by atoms with Crippen LogP contribution >= 0.6 is 11.6 Å². The van der Waals surface area contributed by atoms with E-state index in [0.717, 1.165) is 16.6 Å². The molecule has 0 unspecified atom stereocenters. The summed E-state index contributed by atoms with van der Waals surface area (Å²) in [6.45, 7) is 1.46. The highest BCUT2D eigenvalue weighted by Gasteiger charge is 2.16. The number of anilines is 2. The second-order valence-electron chi connectivity index (χ2n) is 5.76. The Labute approximate surface area is 154 Å². The van der Waals surface area contributed by atoms with E-state index in [0.29, 0.717) is 16.5 Å².